The van der Waals surface area contributed by atoms with Crippen LogP contribution in [-0.4, -0.2) is 16.6 Å². The van der Waals surface area contributed by atoms with Gasteiger partial charge >= 0.3 is 0 Å². The molecule has 2 aromatic rings. The topological polar surface area (TPSA) is 85.9 Å². The van der Waals surface area contributed by atoms with E-state index in [1.807, 2.05) is 36.4 Å². The Morgan fingerprint density at radius 2 is 2.19 bits per heavy atom. The second-order valence-electron chi connectivity index (χ2n) is 3.92. The lowest BCUT2D eigenvalue weighted by Crippen LogP contribution is -2.38. The highest BCUT2D eigenvalue weighted by Gasteiger charge is 2.14. The molecule has 0 radical (unpaired) electrons. The standard InChI is InChI=1S/C14H13N5OS/c1-2-8-16-14(21)19-18-13-11(9-15)17-12(20-13)10-6-4-3-5-7-10/h2-7,18H,1,8H2,(H2,16,19,21). The van der Waals surface area contributed by atoms with E-state index in [1.165, 1.54) is 0 Å². The Hall–Kier alpha value is -2.85. The van der Waals surface area contributed by atoms with Gasteiger partial charge in [-0.05, 0) is 24.4 Å². The zero-order valence-corrected chi connectivity index (χ0v) is 11.9. The van der Waals surface area contributed by atoms with Gasteiger partial charge < -0.3 is 9.73 Å². The molecule has 7 heteroatoms. The van der Waals surface area contributed by atoms with Gasteiger partial charge in [0, 0.05) is 12.1 Å². The van der Waals surface area contributed by atoms with Crippen LogP contribution < -0.4 is 16.2 Å². The van der Waals surface area contributed by atoms with Crippen molar-refractivity contribution in [3.63, 3.8) is 0 Å². The van der Waals surface area contributed by atoms with Gasteiger partial charge in [-0.25, -0.2) is 0 Å². The second-order valence-corrected chi connectivity index (χ2v) is 4.33. The van der Waals surface area contributed by atoms with Crippen molar-refractivity contribution in [1.29, 1.82) is 5.26 Å². The Morgan fingerprint density at radius 1 is 1.43 bits per heavy atom. The Balaban J connectivity index is 2.10. The van der Waals surface area contributed by atoms with Crippen LogP contribution in [0.15, 0.2) is 47.4 Å². The highest BCUT2D eigenvalue weighted by Crippen LogP contribution is 2.24. The Bertz CT molecular complexity index is 674. The number of hydrogen-bond acceptors (Lipinski definition) is 5. The molecule has 1 aromatic heterocycles. The molecule has 0 amide bonds. The summed E-state index contributed by atoms with van der Waals surface area (Å²) in [6.45, 7) is 4.11. The van der Waals surface area contributed by atoms with Crippen LogP contribution in [0.3, 0.4) is 0 Å². The van der Waals surface area contributed by atoms with E-state index in [0.717, 1.165) is 5.56 Å². The predicted octanol–water partition coefficient (Wildman–Crippen LogP) is 2.19. The van der Waals surface area contributed by atoms with Gasteiger partial charge in [0.15, 0.2) is 5.11 Å². The van der Waals surface area contributed by atoms with Gasteiger partial charge in [-0.15, -0.1) is 6.58 Å². The zero-order chi connectivity index (χ0) is 15.1. The third-order valence-electron chi connectivity index (χ3n) is 2.45. The van der Waals surface area contributed by atoms with Crippen LogP contribution in [0.2, 0.25) is 0 Å². The molecule has 0 aliphatic heterocycles. The molecule has 21 heavy (non-hydrogen) atoms. The van der Waals surface area contributed by atoms with Gasteiger partial charge in [-0.1, -0.05) is 24.3 Å². The Labute approximate surface area is 127 Å². The lowest BCUT2D eigenvalue weighted by Gasteiger charge is -2.08. The van der Waals surface area contributed by atoms with Crippen LogP contribution in [0.1, 0.15) is 5.69 Å². The summed E-state index contributed by atoms with van der Waals surface area (Å²) >= 11 is 5.02. The van der Waals surface area contributed by atoms with Crippen LogP contribution in [0.5, 0.6) is 0 Å². The van der Waals surface area contributed by atoms with E-state index >= 15 is 0 Å². The number of rotatable bonds is 5. The minimum Gasteiger partial charge on any atom is -0.417 e. The molecular formula is C14H13N5OS. The maximum absolute atomic E-state index is 9.08. The fraction of sp³-hybridized carbons (Fsp3) is 0.0714. The van der Waals surface area contributed by atoms with Crippen molar-refractivity contribution in [1.82, 2.24) is 15.7 Å². The molecule has 0 fully saturated rings. The lowest BCUT2D eigenvalue weighted by atomic mass is 10.2. The van der Waals surface area contributed by atoms with Crippen LogP contribution in [0.4, 0.5) is 5.88 Å². The molecule has 1 aromatic carbocycles. The molecule has 0 saturated heterocycles. The quantitative estimate of drug-likeness (QED) is 0.443. The van der Waals surface area contributed by atoms with Crippen LogP contribution in [0.25, 0.3) is 11.5 Å². The molecule has 0 aliphatic rings. The molecule has 106 valence electrons. The van der Waals surface area contributed by atoms with Crippen molar-refractivity contribution >= 4 is 23.2 Å². The number of anilines is 1. The predicted molar refractivity (Wildman–Crippen MR) is 84.2 cm³/mol. The van der Waals surface area contributed by atoms with E-state index in [1.54, 1.807) is 6.08 Å². The van der Waals surface area contributed by atoms with Crippen molar-refractivity contribution in [2.75, 3.05) is 12.0 Å². The van der Waals surface area contributed by atoms with Crippen molar-refractivity contribution in [3.8, 4) is 17.5 Å². The SMILES string of the molecule is C=CCNC(=S)NNc1oc(-c2ccccc2)nc1C#N. The average molecular weight is 299 g/mol. The number of oxazole rings is 1. The van der Waals surface area contributed by atoms with Gasteiger partial charge in [-0.2, -0.15) is 10.2 Å². The summed E-state index contributed by atoms with van der Waals surface area (Å²) in [7, 11) is 0. The molecular weight excluding hydrogens is 286 g/mol. The molecule has 0 spiro atoms. The minimum absolute atomic E-state index is 0.146. The summed E-state index contributed by atoms with van der Waals surface area (Å²) in [6.07, 6.45) is 1.68. The van der Waals surface area contributed by atoms with Gasteiger partial charge in [0.05, 0.1) is 0 Å². The first-order valence-corrected chi connectivity index (χ1v) is 6.52. The smallest absolute Gasteiger partial charge is 0.250 e. The monoisotopic (exact) mass is 299 g/mol. The molecule has 0 atom stereocenters. The maximum Gasteiger partial charge on any atom is 0.250 e. The van der Waals surface area contributed by atoms with Crippen molar-refractivity contribution in [3.05, 3.63) is 48.7 Å². The molecule has 3 N–H and O–H groups in total. The van der Waals surface area contributed by atoms with Crippen molar-refractivity contribution < 1.29 is 4.42 Å². The van der Waals surface area contributed by atoms with E-state index < -0.39 is 0 Å². The van der Waals surface area contributed by atoms with Crippen molar-refractivity contribution in [2.24, 2.45) is 0 Å². The normalized spacial score (nSPS) is 9.48. The van der Waals surface area contributed by atoms with Gasteiger partial charge in [0.1, 0.15) is 6.07 Å². The summed E-state index contributed by atoms with van der Waals surface area (Å²) < 4.78 is 5.53. The lowest BCUT2D eigenvalue weighted by molar-refractivity contribution is 0.582. The van der Waals surface area contributed by atoms with Crippen LogP contribution >= 0.6 is 12.2 Å². The molecule has 0 aliphatic carbocycles. The first-order valence-electron chi connectivity index (χ1n) is 6.11. The molecule has 2 rings (SSSR count). The number of hydrogen-bond donors (Lipinski definition) is 3. The van der Waals surface area contributed by atoms with E-state index in [4.69, 9.17) is 21.9 Å². The largest absolute Gasteiger partial charge is 0.417 e. The number of nitrogens with zero attached hydrogens (tertiary/aromatic N) is 2. The number of hydrazine groups is 1. The molecule has 0 saturated carbocycles. The Kier molecular flexibility index (Phi) is 4.90. The molecule has 6 nitrogen and oxygen atoms in total. The van der Waals surface area contributed by atoms with E-state index in [2.05, 4.69) is 27.7 Å². The van der Waals surface area contributed by atoms with Gasteiger partial charge in [0.2, 0.25) is 11.6 Å². The number of nitrogens with one attached hydrogen (secondary N) is 3. The summed E-state index contributed by atoms with van der Waals surface area (Å²) in [4.78, 5) is 4.13. The van der Waals surface area contributed by atoms with Crippen LogP contribution in [0, 0.1) is 11.3 Å². The van der Waals surface area contributed by atoms with E-state index in [0.29, 0.717) is 17.5 Å². The van der Waals surface area contributed by atoms with Crippen LogP contribution in [-0.2, 0) is 0 Å². The summed E-state index contributed by atoms with van der Waals surface area (Å²) in [5.74, 6) is 0.570. The van der Waals surface area contributed by atoms with Crippen molar-refractivity contribution in [2.45, 2.75) is 0 Å². The summed E-state index contributed by atoms with van der Waals surface area (Å²) in [5, 5.41) is 12.3. The van der Waals surface area contributed by atoms with E-state index in [9.17, 15) is 0 Å². The second kappa shape index (κ2) is 7.07. The molecule has 1 heterocycles. The maximum atomic E-state index is 9.08. The van der Waals surface area contributed by atoms with Gasteiger partial charge in [-0.3, -0.25) is 10.9 Å². The third-order valence-corrected chi connectivity index (χ3v) is 2.70. The number of thiocarbonyl (C=S) groups is 1. The zero-order valence-electron chi connectivity index (χ0n) is 11.1. The fourth-order valence-electron chi connectivity index (χ4n) is 1.51. The average Bonchev–Trinajstić information content (AvgIpc) is 2.95. The number of aromatic nitrogens is 1. The summed E-state index contributed by atoms with van der Waals surface area (Å²) in [6, 6.07) is 11.3. The highest BCUT2D eigenvalue weighted by atomic mass is 32.1. The van der Waals surface area contributed by atoms with Gasteiger partial charge in [0.25, 0.3) is 5.88 Å². The third kappa shape index (κ3) is 3.81. The Morgan fingerprint density at radius 3 is 2.86 bits per heavy atom. The first-order chi connectivity index (χ1) is 10.2. The highest BCUT2D eigenvalue weighted by molar-refractivity contribution is 7.80. The fourth-order valence-corrected chi connectivity index (χ4v) is 1.64. The summed E-state index contributed by atoms with van der Waals surface area (Å²) in [5.41, 5.74) is 6.37. The number of benzene rings is 1. The van der Waals surface area contributed by atoms with E-state index in [-0.39, 0.29) is 11.6 Å². The molecule has 0 unspecified atom stereocenters. The minimum atomic E-state index is 0.146. The number of nitriles is 1. The first kappa shape index (κ1) is 14.6. The molecule has 0 bridgehead atoms.